The fourth-order valence-electron chi connectivity index (χ4n) is 1.56. The number of nitrogens with one attached hydrogen (secondary N) is 1. The van der Waals surface area contributed by atoms with Crippen LogP contribution in [-0.2, 0) is 4.74 Å². The Morgan fingerprint density at radius 2 is 2.15 bits per heavy atom. The van der Waals surface area contributed by atoms with Crippen LogP contribution in [0.2, 0.25) is 0 Å². The zero-order chi connectivity index (χ0) is 9.73. The topological polar surface area (TPSA) is 41.5 Å². The van der Waals surface area contributed by atoms with E-state index in [1.165, 1.54) is 0 Å². The molecule has 1 rings (SSSR count). The highest BCUT2D eigenvalue weighted by Crippen LogP contribution is 2.20. The molecule has 1 aliphatic heterocycles. The molecule has 13 heavy (non-hydrogen) atoms. The highest BCUT2D eigenvalue weighted by Gasteiger charge is 2.27. The lowest BCUT2D eigenvalue weighted by atomic mass is 9.95. The van der Waals surface area contributed by atoms with Crippen molar-refractivity contribution >= 4 is 0 Å². The van der Waals surface area contributed by atoms with E-state index in [-0.39, 0.29) is 0 Å². The first kappa shape index (κ1) is 11.0. The van der Waals surface area contributed by atoms with Crippen molar-refractivity contribution in [2.45, 2.75) is 44.8 Å². The van der Waals surface area contributed by atoms with Gasteiger partial charge in [-0.2, -0.15) is 0 Å². The van der Waals surface area contributed by atoms with Crippen LogP contribution < -0.4 is 5.32 Å². The van der Waals surface area contributed by atoms with Gasteiger partial charge >= 0.3 is 0 Å². The van der Waals surface area contributed by atoms with Gasteiger partial charge in [-0.3, -0.25) is 0 Å². The Hall–Kier alpha value is -0.120. The zero-order valence-electron chi connectivity index (χ0n) is 8.68. The van der Waals surface area contributed by atoms with Crippen LogP contribution in [0.25, 0.3) is 0 Å². The number of ether oxygens (including phenoxy) is 1. The molecule has 0 saturated carbocycles. The molecule has 1 unspecified atom stereocenters. The molecule has 1 saturated heterocycles. The van der Waals surface area contributed by atoms with E-state index in [1.807, 2.05) is 0 Å². The van der Waals surface area contributed by atoms with E-state index in [9.17, 15) is 5.11 Å². The van der Waals surface area contributed by atoms with Crippen LogP contribution in [0.3, 0.4) is 0 Å². The zero-order valence-corrected chi connectivity index (χ0v) is 8.68. The Kier molecular flexibility index (Phi) is 4.16. The van der Waals surface area contributed by atoms with E-state index in [0.717, 1.165) is 25.9 Å². The van der Waals surface area contributed by atoms with Gasteiger partial charge < -0.3 is 15.2 Å². The first-order valence-corrected chi connectivity index (χ1v) is 5.16. The van der Waals surface area contributed by atoms with Crippen LogP contribution in [0.1, 0.15) is 33.1 Å². The van der Waals surface area contributed by atoms with Crippen molar-refractivity contribution in [2.24, 2.45) is 0 Å². The van der Waals surface area contributed by atoms with Gasteiger partial charge in [-0.15, -0.1) is 0 Å². The van der Waals surface area contributed by atoms with E-state index in [4.69, 9.17) is 4.74 Å². The summed E-state index contributed by atoms with van der Waals surface area (Å²) in [5.41, 5.74) is -0.541. The fourth-order valence-corrected chi connectivity index (χ4v) is 1.56. The molecule has 1 heterocycles. The molecule has 0 amide bonds. The third kappa shape index (κ3) is 4.07. The predicted molar refractivity (Wildman–Crippen MR) is 52.8 cm³/mol. The molecule has 3 heteroatoms. The van der Waals surface area contributed by atoms with E-state index in [1.54, 1.807) is 0 Å². The first-order valence-electron chi connectivity index (χ1n) is 5.16. The Balaban J connectivity index is 2.33. The summed E-state index contributed by atoms with van der Waals surface area (Å²) in [4.78, 5) is 0. The van der Waals surface area contributed by atoms with Crippen molar-refractivity contribution in [3.63, 3.8) is 0 Å². The summed E-state index contributed by atoms with van der Waals surface area (Å²) < 4.78 is 5.31. The second kappa shape index (κ2) is 4.94. The van der Waals surface area contributed by atoms with Gasteiger partial charge in [0, 0.05) is 32.2 Å². The van der Waals surface area contributed by atoms with Crippen LogP contribution in [0.4, 0.5) is 0 Å². The molecule has 1 aliphatic rings. The smallest absolute Gasteiger partial charge is 0.0794 e. The van der Waals surface area contributed by atoms with E-state index < -0.39 is 5.60 Å². The van der Waals surface area contributed by atoms with E-state index >= 15 is 0 Å². The van der Waals surface area contributed by atoms with Crippen LogP contribution in [0, 0.1) is 0 Å². The maximum Gasteiger partial charge on any atom is 0.0794 e. The minimum Gasteiger partial charge on any atom is -0.388 e. The van der Waals surface area contributed by atoms with Gasteiger partial charge in [0.1, 0.15) is 0 Å². The fraction of sp³-hybridized carbons (Fsp3) is 1.00. The molecule has 3 nitrogen and oxygen atoms in total. The second-order valence-electron chi connectivity index (χ2n) is 4.23. The average molecular weight is 187 g/mol. The van der Waals surface area contributed by atoms with E-state index in [2.05, 4.69) is 19.2 Å². The normalized spacial score (nSPS) is 30.5. The van der Waals surface area contributed by atoms with Gasteiger partial charge in [0.2, 0.25) is 0 Å². The molecule has 0 spiro atoms. The van der Waals surface area contributed by atoms with Gasteiger partial charge in [-0.05, 0) is 12.8 Å². The molecule has 78 valence electrons. The van der Waals surface area contributed by atoms with Crippen LogP contribution in [-0.4, -0.2) is 36.5 Å². The maximum absolute atomic E-state index is 10.2. The molecule has 0 bridgehead atoms. The summed E-state index contributed by atoms with van der Waals surface area (Å²) in [6.45, 7) is 6.36. The molecule has 0 aromatic heterocycles. The third-order valence-corrected chi connectivity index (χ3v) is 2.48. The molecule has 0 aromatic carbocycles. The Bertz CT molecular complexity index is 140. The average Bonchev–Trinajstić information content (AvgIpc) is 2.28. The Morgan fingerprint density at radius 3 is 2.85 bits per heavy atom. The minimum atomic E-state index is -0.541. The molecule has 0 aromatic rings. The lowest BCUT2D eigenvalue weighted by molar-refractivity contribution is 0.0175. The summed E-state index contributed by atoms with van der Waals surface area (Å²) in [6, 6.07) is 0.438. The van der Waals surface area contributed by atoms with Crippen LogP contribution in [0.5, 0.6) is 0 Å². The van der Waals surface area contributed by atoms with E-state index in [0.29, 0.717) is 19.2 Å². The highest BCUT2D eigenvalue weighted by molar-refractivity contribution is 4.83. The van der Waals surface area contributed by atoms with Crippen molar-refractivity contribution in [3.8, 4) is 0 Å². The summed E-state index contributed by atoms with van der Waals surface area (Å²) in [6.07, 6.45) is 2.58. The summed E-state index contributed by atoms with van der Waals surface area (Å²) in [5.74, 6) is 0. The first-order chi connectivity index (χ1) is 6.12. The molecule has 1 fully saturated rings. The highest BCUT2D eigenvalue weighted by atomic mass is 16.5. The van der Waals surface area contributed by atoms with Crippen molar-refractivity contribution in [2.75, 3.05) is 19.8 Å². The lowest BCUT2D eigenvalue weighted by Crippen LogP contribution is -2.43. The molecule has 0 radical (unpaired) electrons. The summed E-state index contributed by atoms with van der Waals surface area (Å²) in [7, 11) is 0. The maximum atomic E-state index is 10.2. The van der Waals surface area contributed by atoms with Crippen molar-refractivity contribution in [1.82, 2.24) is 5.32 Å². The standard InChI is InChI=1S/C10H21NO2/c1-9(2)11-8-10(12)4-3-6-13-7-5-10/h9,11-12H,3-8H2,1-2H3. The predicted octanol–water partition coefficient (Wildman–Crippen LogP) is 0.916. The number of rotatable bonds is 3. The monoisotopic (exact) mass is 187 g/mol. The SMILES string of the molecule is CC(C)NCC1(O)CCCOCC1. The molecular formula is C10H21NO2. The number of aliphatic hydroxyl groups is 1. The largest absolute Gasteiger partial charge is 0.388 e. The van der Waals surface area contributed by atoms with Gasteiger partial charge in [-0.25, -0.2) is 0 Å². The Morgan fingerprint density at radius 1 is 1.38 bits per heavy atom. The van der Waals surface area contributed by atoms with Crippen LogP contribution >= 0.6 is 0 Å². The number of hydrogen-bond acceptors (Lipinski definition) is 3. The van der Waals surface area contributed by atoms with Gasteiger partial charge in [0.05, 0.1) is 5.60 Å². The van der Waals surface area contributed by atoms with Crippen LogP contribution in [0.15, 0.2) is 0 Å². The lowest BCUT2D eigenvalue weighted by Gasteiger charge is -2.27. The third-order valence-electron chi connectivity index (χ3n) is 2.48. The van der Waals surface area contributed by atoms with Gasteiger partial charge in [0.25, 0.3) is 0 Å². The minimum absolute atomic E-state index is 0.438. The van der Waals surface area contributed by atoms with Crippen molar-refractivity contribution in [1.29, 1.82) is 0 Å². The van der Waals surface area contributed by atoms with Crippen molar-refractivity contribution < 1.29 is 9.84 Å². The number of hydrogen-bond donors (Lipinski definition) is 2. The summed E-state index contributed by atoms with van der Waals surface area (Å²) >= 11 is 0. The van der Waals surface area contributed by atoms with Gasteiger partial charge in [0.15, 0.2) is 0 Å². The second-order valence-corrected chi connectivity index (χ2v) is 4.23. The molecular weight excluding hydrogens is 166 g/mol. The molecule has 2 N–H and O–H groups in total. The van der Waals surface area contributed by atoms with Gasteiger partial charge in [-0.1, -0.05) is 13.8 Å². The summed E-state index contributed by atoms with van der Waals surface area (Å²) in [5, 5.41) is 13.4. The molecule has 1 atom stereocenters. The quantitative estimate of drug-likeness (QED) is 0.690. The molecule has 0 aliphatic carbocycles. The van der Waals surface area contributed by atoms with Crippen molar-refractivity contribution in [3.05, 3.63) is 0 Å². The Labute approximate surface area is 80.5 Å².